The standard InChI is InChI=1S/C22H30NO7PS/c1-5-9-28-21(24)16(3)23-31(26,30-12-11-27-4)15-17-7-8-19-18(13-17)14-20(32-19)22(25)29-10-6-2/h6-8,13-14,16H,2,5,9-12,15H2,1,3-4H3,(H,23,26)/t16-,31?/m0/s1. The van der Waals surface area contributed by atoms with Gasteiger partial charge in [0.25, 0.3) is 7.52 Å². The van der Waals surface area contributed by atoms with Gasteiger partial charge in [0.05, 0.1) is 26.0 Å². The zero-order valence-electron chi connectivity index (χ0n) is 18.6. The fourth-order valence-electron chi connectivity index (χ4n) is 2.81. The predicted octanol–water partition coefficient (Wildman–Crippen LogP) is 4.53. The maximum atomic E-state index is 13.5. The monoisotopic (exact) mass is 483 g/mol. The second-order valence-corrected chi connectivity index (χ2v) is 10.3. The summed E-state index contributed by atoms with van der Waals surface area (Å²) in [7, 11) is -1.93. The van der Waals surface area contributed by atoms with Gasteiger partial charge in [-0.1, -0.05) is 25.6 Å². The van der Waals surface area contributed by atoms with E-state index in [1.54, 1.807) is 13.0 Å². The topological polar surface area (TPSA) is 100 Å². The maximum Gasteiger partial charge on any atom is 0.348 e. The van der Waals surface area contributed by atoms with Crippen LogP contribution in [0.2, 0.25) is 0 Å². The molecular formula is C22H30NO7PS. The second kappa shape index (κ2) is 12.9. The first-order valence-corrected chi connectivity index (χ1v) is 12.9. The predicted molar refractivity (Wildman–Crippen MR) is 125 cm³/mol. The third kappa shape index (κ3) is 7.83. The highest BCUT2D eigenvalue weighted by atomic mass is 32.1. The number of hydrogen-bond acceptors (Lipinski definition) is 8. The van der Waals surface area contributed by atoms with E-state index in [1.807, 2.05) is 25.1 Å². The third-order valence-electron chi connectivity index (χ3n) is 4.28. The molecule has 1 N–H and O–H groups in total. The van der Waals surface area contributed by atoms with Gasteiger partial charge in [-0.3, -0.25) is 9.36 Å². The quantitative estimate of drug-likeness (QED) is 0.181. The number of fused-ring (bicyclic) bond motifs is 1. The number of methoxy groups -OCH3 is 1. The summed E-state index contributed by atoms with van der Waals surface area (Å²) in [6.07, 6.45) is 2.27. The molecule has 0 fully saturated rings. The summed E-state index contributed by atoms with van der Waals surface area (Å²) in [6, 6.07) is 6.48. The van der Waals surface area contributed by atoms with Gasteiger partial charge >= 0.3 is 11.9 Å². The number of benzene rings is 1. The van der Waals surface area contributed by atoms with Crippen LogP contribution in [0.25, 0.3) is 10.1 Å². The minimum atomic E-state index is -3.45. The van der Waals surface area contributed by atoms with Gasteiger partial charge in [-0.25, -0.2) is 9.88 Å². The summed E-state index contributed by atoms with van der Waals surface area (Å²) < 4.78 is 35.3. The Morgan fingerprint density at radius 1 is 1.22 bits per heavy atom. The third-order valence-corrected chi connectivity index (χ3v) is 7.54. The fraction of sp³-hybridized carbons (Fsp3) is 0.455. The number of hydrogen-bond donors (Lipinski definition) is 1. The van der Waals surface area contributed by atoms with Crippen LogP contribution in [0.1, 0.15) is 35.5 Å². The van der Waals surface area contributed by atoms with Gasteiger partial charge in [-0.2, -0.15) is 0 Å². The lowest BCUT2D eigenvalue weighted by Gasteiger charge is -2.23. The highest BCUT2D eigenvalue weighted by molar-refractivity contribution is 7.56. The van der Waals surface area contributed by atoms with Crippen LogP contribution in [0.5, 0.6) is 0 Å². The molecule has 1 aromatic carbocycles. The highest BCUT2D eigenvalue weighted by Crippen LogP contribution is 2.47. The molecule has 176 valence electrons. The lowest BCUT2D eigenvalue weighted by molar-refractivity contribution is -0.145. The molecule has 1 heterocycles. The average molecular weight is 484 g/mol. The molecule has 0 radical (unpaired) electrons. The van der Waals surface area contributed by atoms with E-state index in [2.05, 4.69) is 11.7 Å². The zero-order chi connectivity index (χ0) is 23.6. The van der Waals surface area contributed by atoms with Crippen LogP contribution >= 0.6 is 18.9 Å². The molecule has 1 aromatic heterocycles. The van der Waals surface area contributed by atoms with Crippen LogP contribution in [-0.4, -0.2) is 51.5 Å². The Hall–Kier alpha value is -2.03. The van der Waals surface area contributed by atoms with Crippen molar-refractivity contribution in [1.29, 1.82) is 0 Å². The number of nitrogens with one attached hydrogen (secondary N) is 1. The van der Waals surface area contributed by atoms with Crippen LogP contribution in [0.3, 0.4) is 0 Å². The molecule has 0 bridgehead atoms. The van der Waals surface area contributed by atoms with Crippen molar-refractivity contribution in [3.05, 3.63) is 47.4 Å². The number of carbonyl (C=O) groups is 2. The van der Waals surface area contributed by atoms with Crippen molar-refractivity contribution < 1.29 is 32.9 Å². The Balaban J connectivity index is 2.19. The van der Waals surface area contributed by atoms with E-state index in [0.29, 0.717) is 17.9 Å². The van der Waals surface area contributed by atoms with Gasteiger partial charge in [0.1, 0.15) is 17.5 Å². The molecule has 2 aromatic rings. The lowest BCUT2D eigenvalue weighted by atomic mass is 10.2. The first kappa shape index (κ1) is 26.2. The van der Waals surface area contributed by atoms with E-state index in [-0.39, 0.29) is 26.0 Å². The largest absolute Gasteiger partial charge is 0.465 e. The van der Waals surface area contributed by atoms with E-state index in [0.717, 1.165) is 15.6 Å². The Kier molecular flexibility index (Phi) is 10.5. The molecule has 0 spiro atoms. The molecule has 8 nitrogen and oxygen atoms in total. The number of ether oxygens (including phenoxy) is 3. The van der Waals surface area contributed by atoms with Crippen molar-refractivity contribution in [2.45, 2.75) is 32.5 Å². The first-order chi connectivity index (χ1) is 15.3. The van der Waals surface area contributed by atoms with Gasteiger partial charge in [-0.05, 0) is 42.5 Å². The number of thiophene rings is 1. The van der Waals surface area contributed by atoms with Crippen molar-refractivity contribution >= 4 is 40.9 Å². The molecule has 1 unspecified atom stereocenters. The van der Waals surface area contributed by atoms with Crippen LogP contribution in [0.4, 0.5) is 0 Å². The van der Waals surface area contributed by atoms with Gasteiger partial charge in [-0.15, -0.1) is 11.3 Å². The SMILES string of the molecule is C=CCOC(=O)c1cc2cc(CP(=O)(N[C@@H](C)C(=O)OCCC)OCCOC)ccc2s1. The molecule has 0 aliphatic carbocycles. The van der Waals surface area contributed by atoms with Crippen molar-refractivity contribution in [3.8, 4) is 0 Å². The van der Waals surface area contributed by atoms with E-state index < -0.39 is 25.5 Å². The normalized spacial score (nSPS) is 14.0. The molecule has 0 aliphatic heterocycles. The van der Waals surface area contributed by atoms with E-state index >= 15 is 0 Å². The van der Waals surface area contributed by atoms with Gasteiger partial charge < -0.3 is 18.7 Å². The number of rotatable bonds is 14. The molecule has 0 saturated heterocycles. The highest BCUT2D eigenvalue weighted by Gasteiger charge is 2.29. The molecule has 2 rings (SSSR count). The Bertz CT molecular complexity index is 974. The summed E-state index contributed by atoms with van der Waals surface area (Å²) in [4.78, 5) is 24.7. The van der Waals surface area contributed by atoms with Crippen molar-refractivity contribution in [3.63, 3.8) is 0 Å². The molecule has 2 atom stereocenters. The first-order valence-electron chi connectivity index (χ1n) is 10.3. The maximum absolute atomic E-state index is 13.5. The van der Waals surface area contributed by atoms with Crippen molar-refractivity contribution in [2.24, 2.45) is 0 Å². The Labute approximate surface area is 192 Å². The van der Waals surface area contributed by atoms with Crippen molar-refractivity contribution in [2.75, 3.05) is 33.5 Å². The van der Waals surface area contributed by atoms with Crippen molar-refractivity contribution in [1.82, 2.24) is 5.09 Å². The molecule has 0 saturated carbocycles. The summed E-state index contributed by atoms with van der Waals surface area (Å²) in [5.74, 6) is -0.902. The van der Waals surface area contributed by atoms with Gasteiger partial charge in [0, 0.05) is 11.8 Å². The zero-order valence-corrected chi connectivity index (χ0v) is 20.3. The van der Waals surface area contributed by atoms with Crippen LogP contribution < -0.4 is 5.09 Å². The van der Waals surface area contributed by atoms with Gasteiger partial charge in [0.15, 0.2) is 0 Å². The number of esters is 2. The lowest BCUT2D eigenvalue weighted by Crippen LogP contribution is -2.34. The average Bonchev–Trinajstić information content (AvgIpc) is 3.19. The molecule has 10 heteroatoms. The smallest absolute Gasteiger partial charge is 0.348 e. The van der Waals surface area contributed by atoms with Crippen LogP contribution in [0, 0.1) is 0 Å². The molecule has 0 aliphatic rings. The van der Waals surface area contributed by atoms with Crippen LogP contribution in [-0.2, 0) is 34.3 Å². The molecular weight excluding hydrogens is 453 g/mol. The van der Waals surface area contributed by atoms with Crippen LogP contribution in [0.15, 0.2) is 36.9 Å². The second-order valence-electron chi connectivity index (χ2n) is 7.05. The molecule has 0 amide bonds. The summed E-state index contributed by atoms with van der Waals surface area (Å²) in [5.41, 5.74) is 0.740. The number of carbonyl (C=O) groups excluding carboxylic acids is 2. The summed E-state index contributed by atoms with van der Waals surface area (Å²) >= 11 is 1.32. The summed E-state index contributed by atoms with van der Waals surface area (Å²) in [5, 5.41) is 3.66. The molecule has 32 heavy (non-hydrogen) atoms. The van der Waals surface area contributed by atoms with E-state index in [1.165, 1.54) is 24.5 Å². The van der Waals surface area contributed by atoms with E-state index in [9.17, 15) is 14.2 Å². The Morgan fingerprint density at radius 2 is 2.00 bits per heavy atom. The minimum absolute atomic E-state index is 0.0597. The van der Waals surface area contributed by atoms with Gasteiger partial charge in [0.2, 0.25) is 0 Å². The summed E-state index contributed by atoms with van der Waals surface area (Å²) in [6.45, 7) is 7.84. The Morgan fingerprint density at radius 3 is 2.69 bits per heavy atom. The van der Waals surface area contributed by atoms with E-state index in [4.69, 9.17) is 18.7 Å². The minimum Gasteiger partial charge on any atom is -0.465 e. The fourth-order valence-corrected chi connectivity index (χ4v) is 5.75.